The highest BCUT2D eigenvalue weighted by atomic mass is 79.9. The maximum atomic E-state index is 13.8. The number of ether oxygens (including phenoxy) is 1. The molecule has 3 unspecified atom stereocenters. The molecule has 0 bridgehead atoms. The lowest BCUT2D eigenvalue weighted by Gasteiger charge is -2.53. The first kappa shape index (κ1) is 15.7. The summed E-state index contributed by atoms with van der Waals surface area (Å²) in [6, 6.07) is 2.49. The third-order valence-electron chi connectivity index (χ3n) is 4.45. The summed E-state index contributed by atoms with van der Waals surface area (Å²) in [6.07, 6.45) is 1.98. The van der Waals surface area contributed by atoms with Crippen molar-refractivity contribution in [2.24, 2.45) is 5.41 Å². The second kappa shape index (κ2) is 5.98. The van der Waals surface area contributed by atoms with E-state index in [1.165, 1.54) is 6.07 Å². The maximum absolute atomic E-state index is 13.8. The van der Waals surface area contributed by atoms with Crippen LogP contribution in [0.25, 0.3) is 0 Å². The van der Waals surface area contributed by atoms with Crippen LogP contribution in [0, 0.1) is 17.0 Å². The fourth-order valence-corrected chi connectivity index (χ4v) is 3.14. The van der Waals surface area contributed by atoms with E-state index in [9.17, 15) is 8.78 Å². The molecule has 0 saturated heterocycles. The van der Waals surface area contributed by atoms with E-state index in [2.05, 4.69) is 35.1 Å². The van der Waals surface area contributed by atoms with Crippen LogP contribution in [-0.2, 0) is 4.74 Å². The monoisotopic (exact) mass is 347 g/mol. The van der Waals surface area contributed by atoms with Gasteiger partial charge in [0.1, 0.15) is 11.6 Å². The van der Waals surface area contributed by atoms with Crippen molar-refractivity contribution in [1.29, 1.82) is 0 Å². The lowest BCUT2D eigenvalue weighted by Crippen LogP contribution is -2.59. The van der Waals surface area contributed by atoms with Gasteiger partial charge in [-0.05, 0) is 41.8 Å². The molecule has 1 aromatic carbocycles. The Balaban J connectivity index is 2.13. The van der Waals surface area contributed by atoms with Gasteiger partial charge in [0.15, 0.2) is 0 Å². The van der Waals surface area contributed by atoms with Gasteiger partial charge in [0.2, 0.25) is 0 Å². The van der Waals surface area contributed by atoms with E-state index in [4.69, 9.17) is 4.74 Å². The summed E-state index contributed by atoms with van der Waals surface area (Å²) in [5.41, 5.74) is 0.307. The Bertz CT molecular complexity index is 497. The van der Waals surface area contributed by atoms with Crippen LogP contribution in [0.15, 0.2) is 16.6 Å². The van der Waals surface area contributed by atoms with Gasteiger partial charge in [0, 0.05) is 24.1 Å². The molecule has 0 radical (unpaired) electrons. The molecule has 3 atom stereocenters. The summed E-state index contributed by atoms with van der Waals surface area (Å²) in [7, 11) is 0. The first-order chi connectivity index (χ1) is 9.42. The predicted octanol–water partition coefficient (Wildman–Crippen LogP) is 4.73. The number of anilines is 1. The Hall–Kier alpha value is -0.680. The van der Waals surface area contributed by atoms with Crippen LogP contribution < -0.4 is 5.32 Å². The molecular weight excluding hydrogens is 328 g/mol. The molecule has 5 heteroatoms. The van der Waals surface area contributed by atoms with Crippen LogP contribution in [0.4, 0.5) is 14.5 Å². The number of nitrogens with one attached hydrogen (secondary N) is 1. The molecule has 2 rings (SSSR count). The van der Waals surface area contributed by atoms with Crippen molar-refractivity contribution in [1.82, 2.24) is 0 Å². The molecule has 1 aliphatic rings. The van der Waals surface area contributed by atoms with E-state index < -0.39 is 11.6 Å². The average Bonchev–Trinajstić information content (AvgIpc) is 2.42. The number of benzene rings is 1. The fraction of sp³-hybridized carbons (Fsp3) is 0.600. The summed E-state index contributed by atoms with van der Waals surface area (Å²) >= 11 is 3.09. The Morgan fingerprint density at radius 1 is 1.35 bits per heavy atom. The van der Waals surface area contributed by atoms with E-state index in [-0.39, 0.29) is 22.0 Å². The zero-order chi connectivity index (χ0) is 14.9. The van der Waals surface area contributed by atoms with Crippen molar-refractivity contribution in [3.05, 3.63) is 28.2 Å². The Morgan fingerprint density at radius 3 is 2.65 bits per heavy atom. The topological polar surface area (TPSA) is 21.3 Å². The summed E-state index contributed by atoms with van der Waals surface area (Å²) in [5.74, 6) is -1.16. The predicted molar refractivity (Wildman–Crippen MR) is 79.9 cm³/mol. The largest absolute Gasteiger partial charge is 0.379 e. The van der Waals surface area contributed by atoms with E-state index in [0.717, 1.165) is 18.9 Å². The van der Waals surface area contributed by atoms with E-state index >= 15 is 0 Å². The molecule has 0 amide bonds. The van der Waals surface area contributed by atoms with Crippen molar-refractivity contribution >= 4 is 21.6 Å². The van der Waals surface area contributed by atoms with Crippen molar-refractivity contribution < 1.29 is 13.5 Å². The van der Waals surface area contributed by atoms with Crippen LogP contribution in [0.1, 0.15) is 33.6 Å². The minimum absolute atomic E-state index is 0.0245. The second-order valence-electron chi connectivity index (χ2n) is 5.48. The first-order valence-corrected chi connectivity index (χ1v) is 7.74. The first-order valence-electron chi connectivity index (χ1n) is 6.95. The average molecular weight is 348 g/mol. The molecule has 1 saturated carbocycles. The highest BCUT2D eigenvalue weighted by Crippen LogP contribution is 2.47. The minimum atomic E-state index is -0.591. The van der Waals surface area contributed by atoms with Gasteiger partial charge >= 0.3 is 0 Å². The maximum Gasteiger partial charge on any atom is 0.149 e. The van der Waals surface area contributed by atoms with Gasteiger partial charge in [-0.1, -0.05) is 13.8 Å². The van der Waals surface area contributed by atoms with Gasteiger partial charge in [-0.15, -0.1) is 0 Å². The van der Waals surface area contributed by atoms with Gasteiger partial charge in [0.25, 0.3) is 0 Å². The third-order valence-corrected chi connectivity index (χ3v) is 5.06. The highest BCUT2D eigenvalue weighted by Gasteiger charge is 2.51. The Labute approximate surface area is 127 Å². The number of hydrogen-bond donors (Lipinski definition) is 1. The van der Waals surface area contributed by atoms with Gasteiger partial charge < -0.3 is 10.1 Å². The van der Waals surface area contributed by atoms with Crippen molar-refractivity contribution in [2.45, 2.75) is 45.8 Å². The van der Waals surface area contributed by atoms with Crippen molar-refractivity contribution in [3.63, 3.8) is 0 Å². The molecule has 1 aromatic rings. The number of halogens is 3. The standard InChI is InChI=1S/C15H20BrF2NO/c1-4-15(3)13(8-14(15)20-5-2)19-12-6-9(16)10(17)7-11(12)18/h6-7,13-14,19H,4-5,8H2,1-3H3. The molecule has 0 aliphatic heterocycles. The molecule has 20 heavy (non-hydrogen) atoms. The smallest absolute Gasteiger partial charge is 0.149 e. The lowest BCUT2D eigenvalue weighted by atomic mass is 9.61. The van der Waals surface area contributed by atoms with Crippen LogP contribution in [-0.4, -0.2) is 18.8 Å². The molecule has 0 heterocycles. The van der Waals surface area contributed by atoms with Crippen LogP contribution in [0.5, 0.6) is 0 Å². The highest BCUT2D eigenvalue weighted by molar-refractivity contribution is 9.10. The summed E-state index contributed by atoms with van der Waals surface area (Å²) in [4.78, 5) is 0. The van der Waals surface area contributed by atoms with E-state index in [0.29, 0.717) is 12.3 Å². The molecule has 1 aliphatic carbocycles. The van der Waals surface area contributed by atoms with Gasteiger partial charge in [-0.25, -0.2) is 8.78 Å². The van der Waals surface area contributed by atoms with Gasteiger partial charge in [-0.3, -0.25) is 0 Å². The minimum Gasteiger partial charge on any atom is -0.379 e. The van der Waals surface area contributed by atoms with Crippen LogP contribution >= 0.6 is 15.9 Å². The van der Waals surface area contributed by atoms with Gasteiger partial charge in [-0.2, -0.15) is 0 Å². The third kappa shape index (κ3) is 2.70. The Kier molecular flexibility index (Phi) is 4.69. The Morgan fingerprint density at radius 2 is 2.05 bits per heavy atom. The number of rotatable bonds is 5. The fourth-order valence-electron chi connectivity index (χ4n) is 2.79. The molecule has 0 spiro atoms. The summed E-state index contributed by atoms with van der Waals surface area (Å²) in [5, 5.41) is 3.19. The zero-order valence-corrected chi connectivity index (χ0v) is 13.6. The van der Waals surface area contributed by atoms with E-state index in [1.54, 1.807) is 0 Å². The molecule has 112 valence electrons. The molecule has 0 aromatic heterocycles. The van der Waals surface area contributed by atoms with Crippen molar-refractivity contribution in [3.8, 4) is 0 Å². The quantitative estimate of drug-likeness (QED) is 0.777. The molecule has 1 fully saturated rings. The molecule has 2 nitrogen and oxygen atoms in total. The lowest BCUT2D eigenvalue weighted by molar-refractivity contribution is -0.109. The molecule has 1 N–H and O–H groups in total. The van der Waals surface area contributed by atoms with Gasteiger partial charge in [0.05, 0.1) is 16.3 Å². The number of hydrogen-bond acceptors (Lipinski definition) is 2. The summed E-state index contributed by atoms with van der Waals surface area (Å²) in [6.45, 7) is 6.92. The molecular formula is C15H20BrF2NO. The normalized spacial score (nSPS) is 29.1. The zero-order valence-electron chi connectivity index (χ0n) is 12.0. The SMILES string of the molecule is CCOC1CC(Nc2cc(Br)c(F)cc2F)C1(C)CC. The van der Waals surface area contributed by atoms with Crippen molar-refractivity contribution in [2.75, 3.05) is 11.9 Å². The van der Waals surface area contributed by atoms with Crippen LogP contribution in [0.2, 0.25) is 0 Å². The second-order valence-corrected chi connectivity index (χ2v) is 6.34. The summed E-state index contributed by atoms with van der Waals surface area (Å²) < 4.78 is 33.0. The van der Waals surface area contributed by atoms with E-state index in [1.807, 2.05) is 6.92 Å². The van der Waals surface area contributed by atoms with Crippen LogP contribution in [0.3, 0.4) is 0 Å².